The standard InChI is InChI=1S/C18H22N2O3/c1-4-12-5-7-16-14(9-12)15(11-23-16)18(22)20(3)13-6-8-17(21)19(2)10-13/h5,7,9,11,13H,4,6,8,10H2,1-3H3. The lowest BCUT2D eigenvalue weighted by atomic mass is 10.0. The van der Waals surface area contributed by atoms with Gasteiger partial charge in [-0.1, -0.05) is 13.0 Å². The highest BCUT2D eigenvalue weighted by Gasteiger charge is 2.29. The summed E-state index contributed by atoms with van der Waals surface area (Å²) in [7, 11) is 3.59. The van der Waals surface area contributed by atoms with Crippen LogP contribution in [0.5, 0.6) is 0 Å². The van der Waals surface area contributed by atoms with Crippen molar-refractivity contribution >= 4 is 22.8 Å². The number of aryl methyl sites for hydroxylation is 1. The van der Waals surface area contributed by atoms with Gasteiger partial charge in [0, 0.05) is 38.5 Å². The Hall–Kier alpha value is -2.30. The van der Waals surface area contributed by atoms with Crippen LogP contribution in [0.25, 0.3) is 11.0 Å². The van der Waals surface area contributed by atoms with Gasteiger partial charge in [-0.15, -0.1) is 0 Å². The number of hydrogen-bond donors (Lipinski definition) is 0. The minimum atomic E-state index is -0.0512. The van der Waals surface area contributed by atoms with Crippen LogP contribution in [0.15, 0.2) is 28.9 Å². The predicted molar refractivity (Wildman–Crippen MR) is 88.3 cm³/mol. The Bertz CT molecular complexity index is 750. The smallest absolute Gasteiger partial charge is 0.257 e. The predicted octanol–water partition coefficient (Wildman–Crippen LogP) is 2.69. The molecule has 0 aliphatic carbocycles. The molecule has 2 heterocycles. The number of nitrogens with zero attached hydrogens (tertiary/aromatic N) is 2. The first-order chi connectivity index (χ1) is 11.0. The largest absolute Gasteiger partial charge is 0.463 e. The lowest BCUT2D eigenvalue weighted by Gasteiger charge is -2.35. The number of carbonyl (C=O) groups is 2. The molecule has 5 nitrogen and oxygen atoms in total. The fourth-order valence-electron chi connectivity index (χ4n) is 3.12. The van der Waals surface area contributed by atoms with E-state index in [9.17, 15) is 9.59 Å². The summed E-state index contributed by atoms with van der Waals surface area (Å²) in [5.74, 6) is 0.0909. The molecule has 0 radical (unpaired) electrons. The molecule has 3 rings (SSSR count). The van der Waals surface area contributed by atoms with Crippen LogP contribution >= 0.6 is 0 Å². The number of carbonyl (C=O) groups excluding carboxylic acids is 2. The maximum absolute atomic E-state index is 12.9. The average Bonchev–Trinajstić information content (AvgIpc) is 2.98. The van der Waals surface area contributed by atoms with Gasteiger partial charge in [0.05, 0.1) is 5.56 Å². The van der Waals surface area contributed by atoms with Crippen molar-refractivity contribution in [3.05, 3.63) is 35.6 Å². The van der Waals surface area contributed by atoms with Crippen LogP contribution in [0.2, 0.25) is 0 Å². The van der Waals surface area contributed by atoms with E-state index < -0.39 is 0 Å². The zero-order valence-corrected chi connectivity index (χ0v) is 13.8. The Morgan fingerprint density at radius 2 is 2.22 bits per heavy atom. The number of rotatable bonds is 3. The van der Waals surface area contributed by atoms with Crippen molar-refractivity contribution in [2.75, 3.05) is 20.6 Å². The van der Waals surface area contributed by atoms with E-state index >= 15 is 0 Å². The highest BCUT2D eigenvalue weighted by atomic mass is 16.3. The van der Waals surface area contributed by atoms with Crippen LogP contribution in [0, 0.1) is 0 Å². The molecular formula is C18H22N2O3. The molecule has 1 saturated heterocycles. The summed E-state index contributed by atoms with van der Waals surface area (Å²) in [5, 5.41) is 0.862. The van der Waals surface area contributed by atoms with Gasteiger partial charge in [0.15, 0.2) is 0 Å². The van der Waals surface area contributed by atoms with Gasteiger partial charge >= 0.3 is 0 Å². The minimum absolute atomic E-state index is 0.0458. The van der Waals surface area contributed by atoms with Gasteiger partial charge in [-0.3, -0.25) is 9.59 Å². The summed E-state index contributed by atoms with van der Waals surface area (Å²) in [5.41, 5.74) is 2.51. The van der Waals surface area contributed by atoms with E-state index in [0.717, 1.165) is 17.4 Å². The molecule has 1 aromatic heterocycles. The SMILES string of the molecule is CCc1ccc2occ(C(=O)N(C)C3CCC(=O)N(C)C3)c2c1. The fraction of sp³-hybridized carbons (Fsp3) is 0.444. The molecule has 5 heteroatoms. The minimum Gasteiger partial charge on any atom is -0.463 e. The summed E-state index contributed by atoms with van der Waals surface area (Å²) >= 11 is 0. The molecule has 1 fully saturated rings. The molecule has 1 aromatic carbocycles. The van der Waals surface area contributed by atoms with Crippen molar-refractivity contribution < 1.29 is 14.0 Å². The van der Waals surface area contributed by atoms with Gasteiger partial charge in [-0.05, 0) is 30.5 Å². The number of fused-ring (bicyclic) bond motifs is 1. The second kappa shape index (κ2) is 6.07. The molecule has 2 aromatic rings. The first-order valence-corrected chi connectivity index (χ1v) is 8.02. The summed E-state index contributed by atoms with van der Waals surface area (Å²) in [6.45, 7) is 2.67. The molecule has 1 aliphatic rings. The molecule has 0 spiro atoms. The van der Waals surface area contributed by atoms with E-state index in [0.29, 0.717) is 24.9 Å². The highest BCUT2D eigenvalue weighted by Crippen LogP contribution is 2.25. The molecule has 2 amide bonds. The van der Waals surface area contributed by atoms with Gasteiger partial charge in [-0.2, -0.15) is 0 Å². The third-order valence-electron chi connectivity index (χ3n) is 4.75. The normalized spacial score (nSPS) is 18.5. The zero-order chi connectivity index (χ0) is 16.6. The summed E-state index contributed by atoms with van der Waals surface area (Å²) in [6, 6.07) is 6.00. The number of piperidine rings is 1. The Labute approximate surface area is 135 Å². The molecule has 1 aliphatic heterocycles. The summed E-state index contributed by atoms with van der Waals surface area (Å²) < 4.78 is 5.53. The topological polar surface area (TPSA) is 53.8 Å². The number of benzene rings is 1. The summed E-state index contributed by atoms with van der Waals surface area (Å²) in [6.07, 6.45) is 3.66. The molecule has 0 saturated carbocycles. The van der Waals surface area contributed by atoms with Gasteiger partial charge in [0.1, 0.15) is 11.8 Å². The molecule has 1 unspecified atom stereocenters. The van der Waals surface area contributed by atoms with Crippen LogP contribution in [0.1, 0.15) is 35.7 Å². The van der Waals surface area contributed by atoms with Crippen molar-refractivity contribution in [3.63, 3.8) is 0 Å². The molecule has 23 heavy (non-hydrogen) atoms. The van der Waals surface area contributed by atoms with Gasteiger partial charge in [0.2, 0.25) is 5.91 Å². The van der Waals surface area contributed by atoms with E-state index in [1.165, 1.54) is 5.56 Å². The second-order valence-corrected chi connectivity index (χ2v) is 6.22. The van der Waals surface area contributed by atoms with Gasteiger partial charge < -0.3 is 14.2 Å². The fourth-order valence-corrected chi connectivity index (χ4v) is 3.12. The Balaban J connectivity index is 1.86. The van der Waals surface area contributed by atoms with Crippen LogP contribution < -0.4 is 0 Å². The van der Waals surface area contributed by atoms with E-state index in [1.54, 1.807) is 30.2 Å². The van der Waals surface area contributed by atoms with Crippen molar-refractivity contribution in [1.82, 2.24) is 9.80 Å². The second-order valence-electron chi connectivity index (χ2n) is 6.22. The van der Waals surface area contributed by atoms with Crippen LogP contribution in [0.4, 0.5) is 0 Å². The van der Waals surface area contributed by atoms with Gasteiger partial charge in [-0.25, -0.2) is 0 Å². The van der Waals surface area contributed by atoms with E-state index in [-0.39, 0.29) is 17.9 Å². The van der Waals surface area contributed by atoms with E-state index in [1.807, 2.05) is 18.2 Å². The Kier molecular flexibility index (Phi) is 4.11. The molecule has 0 bridgehead atoms. The van der Waals surface area contributed by atoms with E-state index in [2.05, 4.69) is 6.92 Å². The number of hydrogen-bond acceptors (Lipinski definition) is 3. The number of amides is 2. The van der Waals surface area contributed by atoms with Gasteiger partial charge in [0.25, 0.3) is 5.91 Å². The van der Waals surface area contributed by atoms with Crippen molar-refractivity contribution in [1.29, 1.82) is 0 Å². The molecule has 1 atom stereocenters. The lowest BCUT2D eigenvalue weighted by molar-refractivity contribution is -0.133. The first kappa shape index (κ1) is 15.6. The zero-order valence-electron chi connectivity index (χ0n) is 13.8. The molecule has 122 valence electrons. The van der Waals surface area contributed by atoms with Crippen molar-refractivity contribution in [2.24, 2.45) is 0 Å². The number of likely N-dealkylation sites (tertiary alicyclic amines) is 1. The monoisotopic (exact) mass is 314 g/mol. The van der Waals surface area contributed by atoms with Crippen LogP contribution in [-0.2, 0) is 11.2 Å². The lowest BCUT2D eigenvalue weighted by Crippen LogP contribution is -2.49. The first-order valence-electron chi connectivity index (χ1n) is 8.02. The van der Waals surface area contributed by atoms with Crippen molar-refractivity contribution in [2.45, 2.75) is 32.2 Å². The third-order valence-corrected chi connectivity index (χ3v) is 4.75. The Morgan fingerprint density at radius 3 is 2.91 bits per heavy atom. The highest BCUT2D eigenvalue weighted by molar-refractivity contribution is 6.06. The van der Waals surface area contributed by atoms with Crippen molar-refractivity contribution in [3.8, 4) is 0 Å². The maximum atomic E-state index is 12.9. The number of furan rings is 1. The third kappa shape index (κ3) is 2.83. The van der Waals surface area contributed by atoms with E-state index in [4.69, 9.17) is 4.42 Å². The molecular weight excluding hydrogens is 292 g/mol. The summed E-state index contributed by atoms with van der Waals surface area (Å²) in [4.78, 5) is 27.9. The quantitative estimate of drug-likeness (QED) is 0.875. The van der Waals surface area contributed by atoms with Crippen LogP contribution in [0.3, 0.4) is 0 Å². The van der Waals surface area contributed by atoms with Crippen LogP contribution in [-0.4, -0.2) is 48.3 Å². The number of likely N-dealkylation sites (N-methyl/N-ethyl adjacent to an activating group) is 2. The Morgan fingerprint density at radius 1 is 1.43 bits per heavy atom. The maximum Gasteiger partial charge on any atom is 0.257 e. The molecule has 0 N–H and O–H groups in total. The average molecular weight is 314 g/mol.